The second-order valence-corrected chi connectivity index (χ2v) is 8.53. The Labute approximate surface area is 170 Å². The highest BCUT2D eigenvalue weighted by Crippen LogP contribution is 2.35. The van der Waals surface area contributed by atoms with Crippen molar-refractivity contribution in [3.05, 3.63) is 42.0 Å². The maximum Gasteiger partial charge on any atom is 0.253 e. The number of nitrogens with zero attached hydrogens (tertiary/aromatic N) is 1. The van der Waals surface area contributed by atoms with Gasteiger partial charge in [-0.3, -0.25) is 24.1 Å². The van der Waals surface area contributed by atoms with Gasteiger partial charge in [0.05, 0.1) is 23.1 Å². The van der Waals surface area contributed by atoms with Crippen LogP contribution in [-0.2, 0) is 14.4 Å². The Morgan fingerprint density at radius 3 is 2.21 bits per heavy atom. The van der Waals surface area contributed by atoms with E-state index in [0.717, 1.165) is 0 Å². The van der Waals surface area contributed by atoms with Crippen LogP contribution >= 0.6 is 0 Å². The van der Waals surface area contributed by atoms with Crippen molar-refractivity contribution in [2.75, 3.05) is 11.9 Å². The molecule has 2 N–H and O–H groups in total. The van der Waals surface area contributed by atoms with Gasteiger partial charge < -0.3 is 10.6 Å². The normalized spacial score (nSPS) is 21.1. The van der Waals surface area contributed by atoms with Crippen molar-refractivity contribution in [3.8, 4) is 0 Å². The van der Waals surface area contributed by atoms with E-state index in [9.17, 15) is 19.2 Å². The van der Waals surface area contributed by atoms with E-state index in [4.69, 9.17) is 0 Å². The number of benzene rings is 1. The summed E-state index contributed by atoms with van der Waals surface area (Å²) in [5.41, 5.74) is 0.355. The van der Waals surface area contributed by atoms with E-state index in [1.165, 1.54) is 4.90 Å². The van der Waals surface area contributed by atoms with Crippen LogP contribution in [-0.4, -0.2) is 40.6 Å². The van der Waals surface area contributed by atoms with E-state index < -0.39 is 5.54 Å². The van der Waals surface area contributed by atoms with Gasteiger partial charge in [0.1, 0.15) is 0 Å². The molecular formula is C22H27N3O4. The zero-order chi connectivity index (χ0) is 21.2. The van der Waals surface area contributed by atoms with Crippen molar-refractivity contribution in [3.63, 3.8) is 0 Å². The molecule has 3 rings (SSSR count). The average molecular weight is 397 g/mol. The van der Waals surface area contributed by atoms with Gasteiger partial charge in [0, 0.05) is 18.5 Å². The number of carbonyl (C=O) groups excluding carboxylic acids is 4. The molecule has 7 nitrogen and oxygen atoms in total. The van der Waals surface area contributed by atoms with Gasteiger partial charge in [-0.25, -0.2) is 0 Å². The van der Waals surface area contributed by atoms with E-state index in [0.29, 0.717) is 24.1 Å². The molecule has 154 valence electrons. The van der Waals surface area contributed by atoms with Crippen LogP contribution in [0.25, 0.3) is 0 Å². The van der Waals surface area contributed by atoms with Crippen LogP contribution in [0, 0.1) is 11.8 Å². The Morgan fingerprint density at radius 1 is 1.03 bits per heavy atom. The molecule has 0 radical (unpaired) electrons. The van der Waals surface area contributed by atoms with E-state index in [2.05, 4.69) is 10.6 Å². The smallest absolute Gasteiger partial charge is 0.253 e. The van der Waals surface area contributed by atoms with Crippen LogP contribution in [0.1, 0.15) is 50.4 Å². The first-order valence-electron chi connectivity index (χ1n) is 9.89. The molecule has 0 unspecified atom stereocenters. The fraction of sp³-hybridized carbons (Fsp3) is 0.455. The highest BCUT2D eigenvalue weighted by Gasteiger charge is 2.46. The number of hydrogen-bond donors (Lipinski definition) is 2. The van der Waals surface area contributed by atoms with Gasteiger partial charge in [0.2, 0.25) is 17.7 Å². The predicted octanol–water partition coefficient (Wildman–Crippen LogP) is 2.49. The maximum atomic E-state index is 12.5. The van der Waals surface area contributed by atoms with Gasteiger partial charge in [-0.2, -0.15) is 0 Å². The Balaban J connectivity index is 1.61. The predicted molar refractivity (Wildman–Crippen MR) is 109 cm³/mol. The summed E-state index contributed by atoms with van der Waals surface area (Å²) in [6, 6.07) is 6.75. The van der Waals surface area contributed by atoms with Gasteiger partial charge in [-0.1, -0.05) is 24.3 Å². The summed E-state index contributed by atoms with van der Waals surface area (Å²) < 4.78 is 0. The van der Waals surface area contributed by atoms with Gasteiger partial charge in [0.25, 0.3) is 5.91 Å². The number of likely N-dealkylation sites (tertiary alicyclic amines) is 1. The third kappa shape index (κ3) is 4.72. The van der Waals surface area contributed by atoms with Crippen molar-refractivity contribution < 1.29 is 19.2 Å². The van der Waals surface area contributed by atoms with E-state index in [-0.39, 0.29) is 48.4 Å². The minimum absolute atomic E-state index is 0.0143. The standard InChI is InChI=1S/C22H27N3O4/c1-22(2,3)24-19(27)16-10-6-7-11-17(16)23-18(26)12-13-25-20(28)14-8-4-5-9-15(14)21(25)29/h4-7,10-11,14-15H,8-9,12-13H2,1-3H3,(H,23,26)(H,24,27)/t14-,15+. The van der Waals surface area contributed by atoms with Crippen LogP contribution in [0.15, 0.2) is 36.4 Å². The number of allylic oxidation sites excluding steroid dienone is 2. The number of anilines is 1. The molecule has 1 aromatic carbocycles. The van der Waals surface area contributed by atoms with Crippen molar-refractivity contribution in [2.24, 2.45) is 11.8 Å². The molecule has 2 atom stereocenters. The number of carbonyl (C=O) groups is 4. The second-order valence-electron chi connectivity index (χ2n) is 8.53. The highest BCUT2D eigenvalue weighted by molar-refractivity contribution is 6.06. The van der Waals surface area contributed by atoms with E-state index in [1.807, 2.05) is 32.9 Å². The third-order valence-electron chi connectivity index (χ3n) is 5.10. The molecule has 1 aliphatic heterocycles. The van der Waals surface area contributed by atoms with Crippen LogP contribution in [0.2, 0.25) is 0 Å². The summed E-state index contributed by atoms with van der Waals surface area (Å²) in [5, 5.41) is 5.60. The Morgan fingerprint density at radius 2 is 1.62 bits per heavy atom. The summed E-state index contributed by atoms with van der Waals surface area (Å²) in [6.45, 7) is 5.68. The maximum absolute atomic E-state index is 12.5. The van der Waals surface area contributed by atoms with Gasteiger partial charge in [-0.15, -0.1) is 0 Å². The molecule has 1 aliphatic carbocycles. The Bertz CT molecular complexity index is 843. The summed E-state index contributed by atoms with van der Waals surface area (Å²) in [6.07, 6.45) is 5.01. The van der Waals surface area contributed by atoms with Crippen LogP contribution < -0.4 is 10.6 Å². The largest absolute Gasteiger partial charge is 0.347 e. The fourth-order valence-electron chi connectivity index (χ4n) is 3.71. The lowest BCUT2D eigenvalue weighted by atomic mass is 9.85. The van der Waals surface area contributed by atoms with Gasteiger partial charge in [-0.05, 0) is 45.7 Å². The van der Waals surface area contributed by atoms with Crippen molar-refractivity contribution in [1.82, 2.24) is 10.2 Å². The van der Waals surface area contributed by atoms with Crippen molar-refractivity contribution in [2.45, 2.75) is 45.6 Å². The monoisotopic (exact) mass is 397 g/mol. The van der Waals surface area contributed by atoms with Gasteiger partial charge >= 0.3 is 0 Å². The zero-order valence-electron chi connectivity index (χ0n) is 17.0. The fourth-order valence-corrected chi connectivity index (χ4v) is 3.71. The molecule has 29 heavy (non-hydrogen) atoms. The van der Waals surface area contributed by atoms with Crippen LogP contribution in [0.4, 0.5) is 5.69 Å². The number of hydrogen-bond acceptors (Lipinski definition) is 4. The quantitative estimate of drug-likeness (QED) is 0.589. The first kappa shape index (κ1) is 20.8. The highest BCUT2D eigenvalue weighted by atomic mass is 16.2. The molecule has 1 saturated heterocycles. The second kappa shape index (κ2) is 8.19. The molecule has 1 aromatic rings. The number of para-hydroxylation sites is 1. The van der Waals surface area contributed by atoms with Gasteiger partial charge in [0.15, 0.2) is 0 Å². The molecule has 7 heteroatoms. The molecule has 1 heterocycles. The summed E-state index contributed by atoms with van der Waals surface area (Å²) in [5.74, 6) is -1.61. The zero-order valence-corrected chi connectivity index (χ0v) is 17.0. The molecule has 1 fully saturated rings. The molecule has 4 amide bonds. The molecule has 0 aromatic heterocycles. The number of nitrogens with one attached hydrogen (secondary N) is 2. The minimum atomic E-state index is -0.406. The lowest BCUT2D eigenvalue weighted by Crippen LogP contribution is -2.41. The number of amides is 4. The molecule has 0 bridgehead atoms. The SMILES string of the molecule is CC(C)(C)NC(=O)c1ccccc1NC(=O)CCN1C(=O)[C@H]2CC=CC[C@H]2C1=O. The number of rotatable bonds is 5. The number of fused-ring (bicyclic) bond motifs is 1. The lowest BCUT2D eigenvalue weighted by molar-refractivity contribution is -0.140. The average Bonchev–Trinajstić information content (AvgIpc) is 2.90. The molecule has 2 aliphatic rings. The molecule has 0 spiro atoms. The molecule has 0 saturated carbocycles. The van der Waals surface area contributed by atoms with Crippen molar-refractivity contribution in [1.29, 1.82) is 0 Å². The summed E-state index contributed by atoms with van der Waals surface area (Å²) in [7, 11) is 0. The third-order valence-corrected chi connectivity index (χ3v) is 5.10. The molecular weight excluding hydrogens is 370 g/mol. The Kier molecular flexibility index (Phi) is 5.86. The number of imide groups is 1. The van der Waals surface area contributed by atoms with Crippen LogP contribution in [0.3, 0.4) is 0 Å². The minimum Gasteiger partial charge on any atom is -0.347 e. The first-order chi connectivity index (χ1) is 13.7. The topological polar surface area (TPSA) is 95.6 Å². The van der Waals surface area contributed by atoms with Crippen LogP contribution in [0.5, 0.6) is 0 Å². The van der Waals surface area contributed by atoms with E-state index in [1.54, 1.807) is 24.3 Å². The van der Waals surface area contributed by atoms with E-state index >= 15 is 0 Å². The Hall–Kier alpha value is -2.96. The summed E-state index contributed by atoms with van der Waals surface area (Å²) in [4.78, 5) is 51.1. The first-order valence-corrected chi connectivity index (χ1v) is 9.89. The summed E-state index contributed by atoms with van der Waals surface area (Å²) >= 11 is 0. The lowest BCUT2D eigenvalue weighted by Gasteiger charge is -2.21. The van der Waals surface area contributed by atoms with Crippen molar-refractivity contribution >= 4 is 29.3 Å².